The molecule has 1 rings (SSSR count). The minimum absolute atomic E-state index is 0.0326. The van der Waals surface area contributed by atoms with E-state index in [1.165, 1.54) is 4.90 Å². The summed E-state index contributed by atoms with van der Waals surface area (Å²) in [6.07, 6.45) is 0. The SMILES string of the molecule is CCN(CC(C)(C)O)C(=O)c1c(C)[nH]c(C(=O)O)c1C. The predicted octanol–water partition coefficient (Wildman–Crippen LogP) is 1.56. The fourth-order valence-corrected chi connectivity index (χ4v) is 2.24. The number of aromatic nitrogens is 1. The van der Waals surface area contributed by atoms with E-state index >= 15 is 0 Å². The van der Waals surface area contributed by atoms with Gasteiger partial charge in [0.15, 0.2) is 0 Å². The van der Waals surface area contributed by atoms with E-state index in [1.54, 1.807) is 27.7 Å². The summed E-state index contributed by atoms with van der Waals surface area (Å²) in [5.74, 6) is -1.36. The molecule has 0 saturated carbocycles. The van der Waals surface area contributed by atoms with Crippen LogP contribution in [0.1, 0.15) is 52.9 Å². The molecule has 0 fully saturated rings. The van der Waals surface area contributed by atoms with Gasteiger partial charge in [-0.2, -0.15) is 0 Å². The number of likely N-dealkylation sites (N-methyl/N-ethyl adjacent to an activating group) is 1. The zero-order valence-electron chi connectivity index (χ0n) is 12.6. The Morgan fingerprint density at radius 3 is 2.20 bits per heavy atom. The Bertz CT molecular complexity index is 526. The lowest BCUT2D eigenvalue weighted by molar-refractivity contribution is 0.0314. The van der Waals surface area contributed by atoms with Gasteiger partial charge in [0.2, 0.25) is 0 Å². The van der Waals surface area contributed by atoms with Crippen molar-refractivity contribution in [1.82, 2.24) is 9.88 Å². The van der Waals surface area contributed by atoms with Crippen LogP contribution in [0.15, 0.2) is 0 Å². The molecule has 1 amide bonds. The summed E-state index contributed by atoms with van der Waals surface area (Å²) in [6.45, 7) is 8.98. The number of H-pyrrole nitrogens is 1. The van der Waals surface area contributed by atoms with Gasteiger partial charge in [0, 0.05) is 18.8 Å². The number of amides is 1. The maximum absolute atomic E-state index is 12.5. The monoisotopic (exact) mass is 282 g/mol. The van der Waals surface area contributed by atoms with E-state index < -0.39 is 11.6 Å². The number of aliphatic hydroxyl groups is 1. The number of nitrogens with zero attached hydrogens (tertiary/aromatic N) is 1. The molecular formula is C14H22N2O4. The molecule has 20 heavy (non-hydrogen) atoms. The molecule has 0 aliphatic rings. The van der Waals surface area contributed by atoms with Gasteiger partial charge in [-0.15, -0.1) is 0 Å². The first-order chi connectivity index (χ1) is 9.08. The molecule has 1 heterocycles. The number of carboxylic acids is 1. The second kappa shape index (κ2) is 5.66. The fraction of sp³-hybridized carbons (Fsp3) is 0.571. The minimum atomic E-state index is -1.09. The van der Waals surface area contributed by atoms with Crippen LogP contribution in [0.25, 0.3) is 0 Å². The van der Waals surface area contributed by atoms with E-state index in [2.05, 4.69) is 4.98 Å². The van der Waals surface area contributed by atoms with Crippen LogP contribution in [0, 0.1) is 13.8 Å². The van der Waals surface area contributed by atoms with Crippen LogP contribution in [0.3, 0.4) is 0 Å². The number of hydrogen-bond donors (Lipinski definition) is 3. The van der Waals surface area contributed by atoms with E-state index in [-0.39, 0.29) is 18.1 Å². The van der Waals surface area contributed by atoms with Gasteiger partial charge in [-0.25, -0.2) is 4.79 Å². The molecule has 6 heteroatoms. The largest absolute Gasteiger partial charge is 0.477 e. The minimum Gasteiger partial charge on any atom is -0.477 e. The Labute approximate surface area is 118 Å². The number of rotatable bonds is 5. The highest BCUT2D eigenvalue weighted by Crippen LogP contribution is 2.21. The third kappa shape index (κ3) is 3.39. The van der Waals surface area contributed by atoms with Crippen molar-refractivity contribution in [2.45, 2.75) is 40.2 Å². The second-order valence-electron chi connectivity index (χ2n) is 5.56. The molecule has 0 aromatic carbocycles. The molecule has 0 aliphatic heterocycles. The molecule has 0 spiro atoms. The van der Waals surface area contributed by atoms with Gasteiger partial charge in [-0.1, -0.05) is 0 Å². The van der Waals surface area contributed by atoms with Crippen LogP contribution in [0.5, 0.6) is 0 Å². The molecule has 1 aromatic rings. The summed E-state index contributed by atoms with van der Waals surface area (Å²) in [5.41, 5.74) is 0.353. The zero-order chi connectivity index (χ0) is 15.7. The summed E-state index contributed by atoms with van der Waals surface area (Å²) in [4.78, 5) is 27.8. The highest BCUT2D eigenvalue weighted by atomic mass is 16.4. The van der Waals surface area contributed by atoms with Crippen LogP contribution < -0.4 is 0 Å². The Morgan fingerprint density at radius 1 is 1.30 bits per heavy atom. The molecule has 6 nitrogen and oxygen atoms in total. The molecule has 0 unspecified atom stereocenters. The molecule has 0 radical (unpaired) electrons. The number of aryl methyl sites for hydroxylation is 1. The van der Waals surface area contributed by atoms with Crippen LogP contribution in [-0.2, 0) is 0 Å². The van der Waals surface area contributed by atoms with Gasteiger partial charge in [0.1, 0.15) is 5.69 Å². The molecule has 112 valence electrons. The van der Waals surface area contributed by atoms with Gasteiger partial charge >= 0.3 is 5.97 Å². The van der Waals surface area contributed by atoms with E-state index in [0.717, 1.165) is 0 Å². The summed E-state index contributed by atoms with van der Waals surface area (Å²) < 4.78 is 0. The molecule has 0 saturated heterocycles. The predicted molar refractivity (Wildman–Crippen MR) is 75.1 cm³/mol. The lowest BCUT2D eigenvalue weighted by Crippen LogP contribution is -2.42. The van der Waals surface area contributed by atoms with Crippen LogP contribution in [0.4, 0.5) is 0 Å². The molecule has 0 bridgehead atoms. The lowest BCUT2D eigenvalue weighted by Gasteiger charge is -2.28. The molecular weight excluding hydrogens is 260 g/mol. The van der Waals surface area contributed by atoms with E-state index in [4.69, 9.17) is 5.11 Å². The van der Waals surface area contributed by atoms with Crippen molar-refractivity contribution in [3.05, 3.63) is 22.5 Å². The van der Waals surface area contributed by atoms with E-state index in [1.807, 2.05) is 6.92 Å². The molecule has 0 aliphatic carbocycles. The van der Waals surface area contributed by atoms with Crippen LogP contribution >= 0.6 is 0 Å². The Kier molecular flexibility index (Phi) is 4.60. The lowest BCUT2D eigenvalue weighted by atomic mass is 10.1. The smallest absolute Gasteiger partial charge is 0.352 e. The van der Waals surface area contributed by atoms with Gasteiger partial charge in [0.05, 0.1) is 11.2 Å². The standard InChI is InChI=1S/C14H22N2O4/c1-6-16(7-14(4,5)20)12(17)10-8(2)11(13(18)19)15-9(10)3/h15,20H,6-7H2,1-5H3,(H,18,19). The van der Waals surface area contributed by atoms with Gasteiger partial charge in [-0.3, -0.25) is 4.79 Å². The maximum atomic E-state index is 12.5. The molecule has 0 atom stereocenters. The number of nitrogens with one attached hydrogen (secondary N) is 1. The highest BCUT2D eigenvalue weighted by Gasteiger charge is 2.27. The second-order valence-corrected chi connectivity index (χ2v) is 5.56. The maximum Gasteiger partial charge on any atom is 0.352 e. The highest BCUT2D eigenvalue weighted by molar-refractivity contribution is 6.00. The Balaban J connectivity index is 3.17. The number of carboxylic acid groups (broad SMARTS) is 1. The van der Waals surface area contributed by atoms with Crippen molar-refractivity contribution in [2.24, 2.45) is 0 Å². The van der Waals surface area contributed by atoms with Crippen molar-refractivity contribution in [3.8, 4) is 0 Å². The number of aromatic amines is 1. The van der Waals surface area contributed by atoms with Crippen molar-refractivity contribution in [2.75, 3.05) is 13.1 Å². The van der Waals surface area contributed by atoms with Crippen molar-refractivity contribution >= 4 is 11.9 Å². The average molecular weight is 282 g/mol. The third-order valence-corrected chi connectivity index (χ3v) is 3.11. The third-order valence-electron chi connectivity index (χ3n) is 3.11. The first kappa shape index (κ1) is 16.2. The van der Waals surface area contributed by atoms with Crippen LogP contribution in [-0.4, -0.2) is 50.7 Å². The first-order valence-electron chi connectivity index (χ1n) is 6.52. The molecule has 1 aromatic heterocycles. The molecule has 3 N–H and O–H groups in total. The van der Waals surface area contributed by atoms with Gasteiger partial charge in [0.25, 0.3) is 5.91 Å². The van der Waals surface area contributed by atoms with Gasteiger partial charge < -0.3 is 20.1 Å². The van der Waals surface area contributed by atoms with E-state index in [0.29, 0.717) is 23.4 Å². The quantitative estimate of drug-likeness (QED) is 0.764. The van der Waals surface area contributed by atoms with Gasteiger partial charge in [-0.05, 0) is 40.2 Å². The number of aromatic carboxylic acids is 1. The summed E-state index contributed by atoms with van der Waals surface area (Å²) in [5, 5.41) is 18.9. The topological polar surface area (TPSA) is 93.6 Å². The average Bonchev–Trinajstić information content (AvgIpc) is 2.60. The van der Waals surface area contributed by atoms with Crippen molar-refractivity contribution in [1.29, 1.82) is 0 Å². The van der Waals surface area contributed by atoms with Crippen LogP contribution in [0.2, 0.25) is 0 Å². The summed E-state index contributed by atoms with van der Waals surface area (Å²) >= 11 is 0. The number of hydrogen-bond acceptors (Lipinski definition) is 3. The summed E-state index contributed by atoms with van der Waals surface area (Å²) in [7, 11) is 0. The van der Waals surface area contributed by atoms with Crippen molar-refractivity contribution in [3.63, 3.8) is 0 Å². The normalized spacial score (nSPS) is 11.5. The summed E-state index contributed by atoms with van der Waals surface area (Å²) in [6, 6.07) is 0. The van der Waals surface area contributed by atoms with E-state index in [9.17, 15) is 14.7 Å². The number of carbonyl (C=O) groups is 2. The zero-order valence-corrected chi connectivity index (χ0v) is 12.6. The first-order valence-corrected chi connectivity index (χ1v) is 6.52. The fourth-order valence-electron chi connectivity index (χ4n) is 2.24. The Morgan fingerprint density at radius 2 is 1.85 bits per heavy atom. The Hall–Kier alpha value is -1.82. The van der Waals surface area contributed by atoms with Crippen molar-refractivity contribution < 1.29 is 19.8 Å². The number of carbonyl (C=O) groups excluding carboxylic acids is 1.